The highest BCUT2D eigenvalue weighted by Gasteiger charge is 2.06. The zero-order chi connectivity index (χ0) is 11.1. The molecule has 5 nitrogen and oxygen atoms in total. The molecule has 0 amide bonds. The smallest absolute Gasteiger partial charge is 0.145 e. The summed E-state index contributed by atoms with van der Waals surface area (Å²) in [5, 5.41) is 14.9. The molecule has 0 saturated heterocycles. The Labute approximate surface area is 95.6 Å². The van der Waals surface area contributed by atoms with Gasteiger partial charge in [0.25, 0.3) is 0 Å². The Morgan fingerprint density at radius 3 is 2.75 bits per heavy atom. The van der Waals surface area contributed by atoms with Crippen LogP contribution in [0.4, 0.5) is 5.82 Å². The van der Waals surface area contributed by atoms with Gasteiger partial charge in [-0.2, -0.15) is 10.2 Å². The van der Waals surface area contributed by atoms with Gasteiger partial charge in [0.1, 0.15) is 11.0 Å². The van der Waals surface area contributed by atoms with E-state index in [9.17, 15) is 0 Å². The Bertz CT molecular complexity index is 654. The molecule has 2 heterocycles. The van der Waals surface area contributed by atoms with Crippen molar-refractivity contribution in [2.45, 2.75) is 0 Å². The Morgan fingerprint density at radius 1 is 1.12 bits per heavy atom. The highest BCUT2D eigenvalue weighted by atomic mass is 35.5. The average molecular weight is 234 g/mol. The zero-order valence-electron chi connectivity index (χ0n) is 8.16. The van der Waals surface area contributed by atoms with Crippen LogP contribution in [0.25, 0.3) is 22.2 Å². The van der Waals surface area contributed by atoms with E-state index in [0.29, 0.717) is 11.0 Å². The van der Waals surface area contributed by atoms with Crippen molar-refractivity contribution < 1.29 is 0 Å². The number of anilines is 1. The first kappa shape index (κ1) is 9.23. The molecule has 0 unspecified atom stereocenters. The number of H-pyrrole nitrogens is 2. The second-order valence-electron chi connectivity index (χ2n) is 3.48. The van der Waals surface area contributed by atoms with Crippen LogP contribution in [0.5, 0.6) is 0 Å². The van der Waals surface area contributed by atoms with E-state index >= 15 is 0 Å². The van der Waals surface area contributed by atoms with Crippen LogP contribution in [-0.2, 0) is 0 Å². The first-order valence-corrected chi connectivity index (χ1v) is 5.07. The molecule has 0 saturated carbocycles. The maximum Gasteiger partial charge on any atom is 0.145 e. The Morgan fingerprint density at radius 2 is 2.00 bits per heavy atom. The van der Waals surface area contributed by atoms with Crippen LogP contribution < -0.4 is 5.73 Å². The lowest BCUT2D eigenvalue weighted by Crippen LogP contribution is -1.81. The molecule has 0 aliphatic heterocycles. The summed E-state index contributed by atoms with van der Waals surface area (Å²) in [4.78, 5) is 0. The summed E-state index contributed by atoms with van der Waals surface area (Å²) in [6.45, 7) is 0. The van der Waals surface area contributed by atoms with Gasteiger partial charge in [0.15, 0.2) is 0 Å². The molecule has 0 atom stereocenters. The van der Waals surface area contributed by atoms with Crippen LogP contribution in [0.3, 0.4) is 0 Å². The third-order valence-electron chi connectivity index (χ3n) is 2.42. The summed E-state index contributed by atoms with van der Waals surface area (Å²) in [7, 11) is 0. The number of rotatable bonds is 1. The average Bonchev–Trinajstić information content (AvgIpc) is 2.86. The number of hydrogen-bond donors (Lipinski definition) is 3. The molecule has 0 fully saturated rings. The van der Waals surface area contributed by atoms with Gasteiger partial charge in [-0.25, -0.2) is 0 Å². The predicted molar refractivity (Wildman–Crippen MR) is 63.1 cm³/mol. The molecule has 80 valence electrons. The number of fused-ring (bicyclic) bond motifs is 1. The minimum Gasteiger partial charge on any atom is -0.382 e. The maximum atomic E-state index is 5.97. The van der Waals surface area contributed by atoms with Crippen LogP contribution in [0.2, 0.25) is 5.15 Å². The third-order valence-corrected chi connectivity index (χ3v) is 2.70. The van der Waals surface area contributed by atoms with Crippen molar-refractivity contribution in [1.29, 1.82) is 0 Å². The fourth-order valence-corrected chi connectivity index (χ4v) is 1.83. The van der Waals surface area contributed by atoms with Crippen LogP contribution in [-0.4, -0.2) is 20.4 Å². The molecule has 2 aromatic heterocycles. The van der Waals surface area contributed by atoms with Crippen LogP contribution in [0.1, 0.15) is 0 Å². The summed E-state index contributed by atoms with van der Waals surface area (Å²) in [6, 6.07) is 7.54. The molecule has 6 heteroatoms. The molecule has 3 rings (SSSR count). The molecule has 0 aliphatic carbocycles. The van der Waals surface area contributed by atoms with Gasteiger partial charge in [-0.05, 0) is 12.1 Å². The van der Waals surface area contributed by atoms with E-state index in [2.05, 4.69) is 20.4 Å². The van der Waals surface area contributed by atoms with E-state index in [4.69, 9.17) is 17.3 Å². The number of nitrogens with zero attached hydrogens (tertiary/aromatic N) is 2. The Kier molecular flexibility index (Phi) is 1.87. The van der Waals surface area contributed by atoms with Gasteiger partial charge in [0.2, 0.25) is 0 Å². The number of halogens is 1. The minimum absolute atomic E-state index is 0.466. The van der Waals surface area contributed by atoms with Crippen LogP contribution in [0, 0.1) is 0 Å². The van der Waals surface area contributed by atoms with E-state index in [1.807, 2.05) is 18.2 Å². The largest absolute Gasteiger partial charge is 0.382 e. The summed E-state index contributed by atoms with van der Waals surface area (Å²) in [5.41, 5.74) is 8.22. The lowest BCUT2D eigenvalue weighted by Gasteiger charge is -1.96. The molecule has 0 aliphatic rings. The number of aromatic amines is 2. The number of benzene rings is 1. The molecule has 0 bridgehead atoms. The van der Waals surface area contributed by atoms with Crippen molar-refractivity contribution in [3.05, 3.63) is 29.4 Å². The van der Waals surface area contributed by atoms with Crippen molar-refractivity contribution >= 4 is 28.3 Å². The quantitative estimate of drug-likeness (QED) is 0.602. The molecule has 3 aromatic rings. The number of nitrogens with two attached hydrogens (primary N) is 1. The van der Waals surface area contributed by atoms with Crippen molar-refractivity contribution in [1.82, 2.24) is 20.4 Å². The van der Waals surface area contributed by atoms with Crippen molar-refractivity contribution in [3.8, 4) is 11.3 Å². The third kappa shape index (κ3) is 1.33. The first-order valence-electron chi connectivity index (χ1n) is 4.69. The van der Waals surface area contributed by atoms with Gasteiger partial charge in [-0.1, -0.05) is 17.7 Å². The summed E-state index contributed by atoms with van der Waals surface area (Å²) in [5.74, 6) is 0.466. The zero-order valence-corrected chi connectivity index (χ0v) is 8.92. The number of aromatic nitrogens is 4. The Balaban J connectivity index is 2.21. The van der Waals surface area contributed by atoms with Gasteiger partial charge in [-0.15, -0.1) is 0 Å². The molecular weight excluding hydrogens is 226 g/mol. The van der Waals surface area contributed by atoms with E-state index in [-0.39, 0.29) is 0 Å². The van der Waals surface area contributed by atoms with Gasteiger partial charge >= 0.3 is 0 Å². The Hall–Kier alpha value is -2.01. The second-order valence-corrected chi connectivity index (χ2v) is 3.85. The van der Waals surface area contributed by atoms with Gasteiger partial charge < -0.3 is 5.73 Å². The predicted octanol–water partition coefficient (Wildman–Crippen LogP) is 2.19. The molecule has 1 aromatic carbocycles. The topological polar surface area (TPSA) is 83.4 Å². The van der Waals surface area contributed by atoms with Crippen molar-refractivity contribution in [2.24, 2.45) is 0 Å². The first-order chi connectivity index (χ1) is 7.74. The van der Waals surface area contributed by atoms with Gasteiger partial charge in [0, 0.05) is 17.0 Å². The highest BCUT2D eigenvalue weighted by molar-refractivity contribution is 6.34. The van der Waals surface area contributed by atoms with Gasteiger partial charge in [-0.3, -0.25) is 10.2 Å². The van der Waals surface area contributed by atoms with E-state index in [1.165, 1.54) is 0 Å². The molecule has 0 spiro atoms. The van der Waals surface area contributed by atoms with E-state index < -0.39 is 0 Å². The standard InChI is InChI=1S/C10H8ClN5/c11-10-6-3-5(1-2-7(6)13-16-10)8-4-9(12)15-14-8/h1-4H,(H,13,16)(H3,12,14,15). The fraction of sp³-hybridized carbons (Fsp3) is 0. The highest BCUT2D eigenvalue weighted by Crippen LogP contribution is 2.26. The summed E-state index contributed by atoms with van der Waals surface area (Å²) < 4.78 is 0. The van der Waals surface area contributed by atoms with E-state index in [0.717, 1.165) is 22.2 Å². The fourth-order valence-electron chi connectivity index (χ4n) is 1.63. The van der Waals surface area contributed by atoms with Crippen molar-refractivity contribution in [3.63, 3.8) is 0 Å². The summed E-state index contributed by atoms with van der Waals surface area (Å²) >= 11 is 5.97. The number of hydrogen-bond acceptors (Lipinski definition) is 3. The lowest BCUT2D eigenvalue weighted by atomic mass is 10.1. The second kappa shape index (κ2) is 3.24. The van der Waals surface area contributed by atoms with Crippen molar-refractivity contribution in [2.75, 3.05) is 5.73 Å². The maximum absolute atomic E-state index is 5.97. The molecule has 4 N–H and O–H groups in total. The monoisotopic (exact) mass is 233 g/mol. The number of nitrogens with one attached hydrogen (secondary N) is 2. The molecular formula is C10H8ClN5. The van der Waals surface area contributed by atoms with Gasteiger partial charge in [0.05, 0.1) is 11.2 Å². The molecule has 0 radical (unpaired) electrons. The van der Waals surface area contributed by atoms with Crippen LogP contribution >= 0.6 is 11.6 Å². The minimum atomic E-state index is 0.466. The van der Waals surface area contributed by atoms with E-state index in [1.54, 1.807) is 6.07 Å². The normalized spacial score (nSPS) is 11.1. The van der Waals surface area contributed by atoms with Crippen LogP contribution in [0.15, 0.2) is 24.3 Å². The SMILES string of the molecule is Nc1cc(-c2ccc3n[nH]c(Cl)c3c2)[nH]n1. The summed E-state index contributed by atoms with van der Waals surface area (Å²) in [6.07, 6.45) is 0. The number of nitrogen functional groups attached to an aromatic ring is 1. The lowest BCUT2D eigenvalue weighted by molar-refractivity contribution is 1.10. The molecule has 16 heavy (non-hydrogen) atoms.